The molecule has 4 N–H and O–H groups in total. The van der Waals surface area contributed by atoms with E-state index in [0.717, 1.165) is 11.3 Å². The lowest BCUT2D eigenvalue weighted by atomic mass is 9.95. The molecule has 1 aliphatic heterocycles. The number of ether oxygens (including phenoxy) is 1. The number of nitrogens with zero attached hydrogens (tertiary/aromatic N) is 3. The van der Waals surface area contributed by atoms with E-state index < -0.39 is 29.5 Å². The average molecular weight is 481 g/mol. The number of nitrogens with two attached hydrogens (primary N) is 2. The van der Waals surface area contributed by atoms with Gasteiger partial charge in [-0.15, -0.1) is 0 Å². The maximum atomic E-state index is 12.4. The number of aromatic nitrogens is 2. The molecule has 1 aromatic heterocycles. The molecule has 138 valence electrons. The van der Waals surface area contributed by atoms with Gasteiger partial charge in [0.05, 0.1) is 13.2 Å². The van der Waals surface area contributed by atoms with Crippen LogP contribution in [0.15, 0.2) is 15.3 Å². The molecule has 2 rings (SSSR count). The lowest BCUT2D eigenvalue weighted by Gasteiger charge is -2.26. The number of hydrogen-bond donors (Lipinski definition) is 2. The van der Waals surface area contributed by atoms with E-state index >= 15 is 0 Å². The average Bonchev–Trinajstić information content (AvgIpc) is 3.09. The Kier molecular flexibility index (Phi) is 6.09. The lowest BCUT2D eigenvalue weighted by molar-refractivity contribution is -0.126. The highest BCUT2D eigenvalue weighted by Gasteiger charge is 2.55. The Bertz CT molecular complexity index is 695. The van der Waals surface area contributed by atoms with Crippen LogP contribution < -0.4 is 11.5 Å². The number of likely N-dealkylation sites (tertiary alicyclic amines) is 1. The molecular weight excluding hydrogens is 462 g/mol. The largest absolute Gasteiger partial charge is 0.449 e. The predicted octanol–water partition coefficient (Wildman–Crippen LogP) is 1.08. The Morgan fingerprint density at radius 2 is 2.08 bits per heavy atom. The molecule has 0 spiro atoms. The van der Waals surface area contributed by atoms with Gasteiger partial charge in [0, 0.05) is 12.5 Å². The molecule has 1 aromatic rings. The maximum absolute atomic E-state index is 12.4. The second-order valence-electron chi connectivity index (χ2n) is 5.82. The van der Waals surface area contributed by atoms with Gasteiger partial charge in [0.25, 0.3) is 0 Å². The van der Waals surface area contributed by atoms with Gasteiger partial charge >= 0.3 is 6.09 Å². The minimum atomic E-state index is -1.41. The summed E-state index contributed by atoms with van der Waals surface area (Å²) in [5, 5.41) is 4.20. The van der Waals surface area contributed by atoms with E-state index in [9.17, 15) is 14.4 Å². The Hall–Kier alpha value is -1.62. The van der Waals surface area contributed by atoms with Gasteiger partial charge < -0.3 is 16.2 Å². The van der Waals surface area contributed by atoms with Gasteiger partial charge in [-0.3, -0.25) is 14.5 Å². The van der Waals surface area contributed by atoms with Crippen molar-refractivity contribution in [1.29, 1.82) is 0 Å². The first-order valence-corrected chi connectivity index (χ1v) is 9.25. The van der Waals surface area contributed by atoms with Gasteiger partial charge in [-0.25, -0.2) is 9.48 Å². The second-order valence-corrected chi connectivity index (χ2v) is 7.44. The van der Waals surface area contributed by atoms with Crippen molar-refractivity contribution in [2.75, 3.05) is 13.2 Å². The van der Waals surface area contributed by atoms with Crippen LogP contribution in [-0.2, 0) is 19.9 Å². The number of carbonyl (C=O) groups excluding carboxylic acids is 3. The molecule has 2 heterocycles. The minimum Gasteiger partial charge on any atom is -0.449 e. The predicted molar refractivity (Wildman–Crippen MR) is 95.4 cm³/mol. The summed E-state index contributed by atoms with van der Waals surface area (Å²) in [6, 6.07) is 0.614. The number of unbranched alkanes of at least 4 members (excludes halogenated alkanes) is 1. The molecule has 0 aliphatic carbocycles. The van der Waals surface area contributed by atoms with Gasteiger partial charge in [0.1, 0.15) is 15.2 Å². The maximum Gasteiger partial charge on any atom is 0.410 e. The molecule has 1 saturated heterocycles. The summed E-state index contributed by atoms with van der Waals surface area (Å²) >= 11 is 6.53. The quantitative estimate of drug-likeness (QED) is 0.587. The van der Waals surface area contributed by atoms with Crippen LogP contribution in [0.3, 0.4) is 0 Å². The molecule has 1 fully saturated rings. The topological polar surface area (TPSA) is 134 Å². The summed E-state index contributed by atoms with van der Waals surface area (Å²) in [5.74, 6) is -1.46. The van der Waals surface area contributed by atoms with E-state index in [1.807, 2.05) is 6.92 Å². The number of hydrogen-bond acceptors (Lipinski definition) is 5. The highest BCUT2D eigenvalue weighted by atomic mass is 79.9. The third-order valence-corrected chi connectivity index (χ3v) is 5.08. The number of carbonyl (C=O) groups is 3. The standard InChI is InChI=1S/C14H19Br2N5O4/c1-2-3-4-25-13(24)20-7-14(12(18)23,6-8(20)11(17)22)21-10(16)5-9(15)19-21/h5,8H,2-4,6-7H2,1H3,(H2,17,22)(H2,18,23)/t8-,14?/m0/s1. The molecule has 1 unspecified atom stereocenters. The van der Waals surface area contributed by atoms with Crippen molar-refractivity contribution in [1.82, 2.24) is 14.7 Å². The highest BCUT2D eigenvalue weighted by Crippen LogP contribution is 2.37. The van der Waals surface area contributed by atoms with Crippen LogP contribution in [0.2, 0.25) is 0 Å². The van der Waals surface area contributed by atoms with Crippen LogP contribution in [0.25, 0.3) is 0 Å². The fourth-order valence-electron chi connectivity index (χ4n) is 2.79. The number of primary amides is 2. The highest BCUT2D eigenvalue weighted by molar-refractivity contribution is 9.11. The molecule has 2 atom stereocenters. The Labute approximate surface area is 161 Å². The van der Waals surface area contributed by atoms with E-state index in [0.29, 0.717) is 15.6 Å². The normalized spacial score (nSPS) is 22.8. The minimum absolute atomic E-state index is 0.0761. The Morgan fingerprint density at radius 3 is 2.56 bits per heavy atom. The summed E-state index contributed by atoms with van der Waals surface area (Å²) in [6.45, 7) is 2.02. The molecule has 1 aliphatic rings. The molecule has 0 bridgehead atoms. The van der Waals surface area contributed by atoms with Crippen molar-refractivity contribution in [3.63, 3.8) is 0 Å². The van der Waals surface area contributed by atoms with Crippen LogP contribution in [0.5, 0.6) is 0 Å². The number of halogens is 2. The molecule has 3 amide bonds. The third-order valence-electron chi connectivity index (χ3n) is 4.13. The van der Waals surface area contributed by atoms with Crippen LogP contribution >= 0.6 is 31.9 Å². The summed E-state index contributed by atoms with van der Waals surface area (Å²) in [7, 11) is 0. The first-order valence-electron chi connectivity index (χ1n) is 7.67. The zero-order valence-corrected chi connectivity index (χ0v) is 16.7. The molecular formula is C14H19Br2N5O4. The monoisotopic (exact) mass is 479 g/mol. The summed E-state index contributed by atoms with van der Waals surface area (Å²) in [5.41, 5.74) is 9.65. The molecule has 0 saturated carbocycles. The van der Waals surface area contributed by atoms with Crippen molar-refractivity contribution in [2.24, 2.45) is 11.5 Å². The zero-order valence-electron chi connectivity index (χ0n) is 13.6. The summed E-state index contributed by atoms with van der Waals surface area (Å²) in [6.07, 6.45) is 0.765. The summed E-state index contributed by atoms with van der Waals surface area (Å²) < 4.78 is 7.47. The van der Waals surface area contributed by atoms with Crippen LogP contribution in [0.4, 0.5) is 4.79 Å². The Balaban J connectivity index is 2.37. The van der Waals surface area contributed by atoms with Crippen molar-refractivity contribution in [2.45, 2.75) is 37.8 Å². The number of amides is 3. The molecule has 11 heteroatoms. The van der Waals surface area contributed by atoms with E-state index in [-0.39, 0.29) is 19.6 Å². The van der Waals surface area contributed by atoms with Crippen LogP contribution in [0.1, 0.15) is 26.2 Å². The first-order chi connectivity index (χ1) is 11.7. The fraction of sp³-hybridized carbons (Fsp3) is 0.571. The van der Waals surface area contributed by atoms with Gasteiger partial charge in [0.15, 0.2) is 5.54 Å². The zero-order chi connectivity index (χ0) is 18.8. The van der Waals surface area contributed by atoms with E-state index in [4.69, 9.17) is 16.2 Å². The summed E-state index contributed by atoms with van der Waals surface area (Å²) in [4.78, 5) is 37.6. The molecule has 25 heavy (non-hydrogen) atoms. The third kappa shape index (κ3) is 3.81. The second kappa shape index (κ2) is 7.73. The van der Waals surface area contributed by atoms with Crippen molar-refractivity contribution < 1.29 is 19.1 Å². The van der Waals surface area contributed by atoms with Crippen LogP contribution in [0, 0.1) is 0 Å². The van der Waals surface area contributed by atoms with Crippen molar-refractivity contribution in [3.05, 3.63) is 15.3 Å². The van der Waals surface area contributed by atoms with E-state index in [1.165, 1.54) is 4.68 Å². The van der Waals surface area contributed by atoms with Gasteiger partial charge in [-0.05, 0) is 38.3 Å². The van der Waals surface area contributed by atoms with Crippen molar-refractivity contribution >= 4 is 49.8 Å². The molecule has 0 aromatic carbocycles. The molecule has 0 radical (unpaired) electrons. The SMILES string of the molecule is CCCCOC(=O)N1CC(C(N)=O)(n2nc(Br)cc2Br)C[C@H]1C(N)=O. The Morgan fingerprint density at radius 1 is 1.40 bits per heavy atom. The molecule has 9 nitrogen and oxygen atoms in total. The van der Waals surface area contributed by atoms with E-state index in [1.54, 1.807) is 6.07 Å². The lowest BCUT2D eigenvalue weighted by Crippen LogP contribution is -2.50. The van der Waals surface area contributed by atoms with Gasteiger partial charge in [-0.1, -0.05) is 13.3 Å². The van der Waals surface area contributed by atoms with Crippen molar-refractivity contribution in [3.8, 4) is 0 Å². The number of rotatable bonds is 6. The smallest absolute Gasteiger partial charge is 0.410 e. The fourth-order valence-corrected chi connectivity index (χ4v) is 4.11. The first kappa shape index (κ1) is 19.7. The van der Waals surface area contributed by atoms with Gasteiger partial charge in [-0.2, -0.15) is 5.10 Å². The van der Waals surface area contributed by atoms with Crippen LogP contribution in [-0.4, -0.2) is 51.8 Å². The van der Waals surface area contributed by atoms with E-state index in [2.05, 4.69) is 37.0 Å². The van der Waals surface area contributed by atoms with Gasteiger partial charge in [0.2, 0.25) is 11.8 Å².